The van der Waals surface area contributed by atoms with Crippen molar-refractivity contribution in [2.75, 3.05) is 0 Å². The Hall–Kier alpha value is -2.68. The predicted molar refractivity (Wildman–Crippen MR) is 90.2 cm³/mol. The van der Waals surface area contributed by atoms with Crippen molar-refractivity contribution < 1.29 is 4.79 Å². The molecule has 1 aromatic carbocycles. The molecule has 1 aromatic heterocycles. The summed E-state index contributed by atoms with van der Waals surface area (Å²) in [5.74, 6) is -0.322. The minimum atomic E-state index is -0.804. The molecule has 1 aliphatic carbocycles. The first-order valence-corrected chi connectivity index (χ1v) is 8.30. The highest BCUT2D eigenvalue weighted by molar-refractivity contribution is 5.79. The summed E-state index contributed by atoms with van der Waals surface area (Å²) in [6.45, 7) is -0.125. The highest BCUT2D eigenvalue weighted by Crippen LogP contribution is 2.26. The maximum Gasteiger partial charge on any atom is 0.261 e. The Morgan fingerprint density at radius 2 is 1.96 bits per heavy atom. The molecule has 0 radical (unpaired) electrons. The van der Waals surface area contributed by atoms with Crippen LogP contribution < -0.4 is 10.9 Å². The molecule has 24 heavy (non-hydrogen) atoms. The van der Waals surface area contributed by atoms with Gasteiger partial charge < -0.3 is 5.32 Å². The number of carbonyl (C=O) groups is 1. The van der Waals surface area contributed by atoms with Gasteiger partial charge in [0.15, 0.2) is 0 Å². The molecule has 1 saturated carbocycles. The van der Waals surface area contributed by atoms with E-state index in [2.05, 4.69) is 16.4 Å². The van der Waals surface area contributed by atoms with Gasteiger partial charge in [0.05, 0.1) is 23.3 Å². The fraction of sp³-hybridized carbons (Fsp3) is 0.444. The second-order valence-electron chi connectivity index (χ2n) is 6.35. The molecule has 1 aliphatic rings. The van der Waals surface area contributed by atoms with Gasteiger partial charge in [0, 0.05) is 0 Å². The standard InChI is InChI=1S/C18H20N4O2/c19-12-18(9-5-1-2-6-10-18)21-16(23)11-22-13-20-15-8-4-3-7-14(15)17(22)24/h3-4,7-8,13H,1-2,5-6,9-11H2,(H,21,23). The number of hydrogen-bond acceptors (Lipinski definition) is 4. The molecule has 0 unspecified atom stereocenters. The first-order chi connectivity index (χ1) is 11.6. The molecule has 0 atom stereocenters. The van der Waals surface area contributed by atoms with Gasteiger partial charge in [-0.25, -0.2) is 4.98 Å². The summed E-state index contributed by atoms with van der Waals surface area (Å²) in [6, 6.07) is 9.32. The molecule has 124 valence electrons. The number of fused-ring (bicyclic) bond motifs is 1. The van der Waals surface area contributed by atoms with Gasteiger partial charge in [0.25, 0.3) is 5.56 Å². The molecule has 0 spiro atoms. The first kappa shape index (κ1) is 16.2. The number of amides is 1. The van der Waals surface area contributed by atoms with Crippen LogP contribution >= 0.6 is 0 Å². The van der Waals surface area contributed by atoms with E-state index in [9.17, 15) is 14.9 Å². The van der Waals surface area contributed by atoms with Crippen LogP contribution in [0.4, 0.5) is 0 Å². The van der Waals surface area contributed by atoms with Gasteiger partial charge in [-0.15, -0.1) is 0 Å². The zero-order chi connectivity index (χ0) is 17.0. The third-order valence-corrected chi connectivity index (χ3v) is 4.60. The maximum absolute atomic E-state index is 12.4. The van der Waals surface area contributed by atoms with E-state index < -0.39 is 5.54 Å². The number of nitrogens with zero attached hydrogens (tertiary/aromatic N) is 3. The normalized spacial score (nSPS) is 17.0. The van der Waals surface area contributed by atoms with E-state index in [0.29, 0.717) is 23.7 Å². The van der Waals surface area contributed by atoms with Crippen LogP contribution in [0.2, 0.25) is 0 Å². The monoisotopic (exact) mass is 324 g/mol. The lowest BCUT2D eigenvalue weighted by Crippen LogP contribution is -2.48. The van der Waals surface area contributed by atoms with Crippen molar-refractivity contribution >= 4 is 16.8 Å². The van der Waals surface area contributed by atoms with Crippen LogP contribution in [0.1, 0.15) is 38.5 Å². The Morgan fingerprint density at radius 1 is 1.25 bits per heavy atom. The minimum absolute atomic E-state index is 0.125. The summed E-state index contributed by atoms with van der Waals surface area (Å²) < 4.78 is 1.29. The second-order valence-corrected chi connectivity index (χ2v) is 6.35. The topological polar surface area (TPSA) is 87.8 Å². The molecular weight excluding hydrogens is 304 g/mol. The molecule has 1 amide bonds. The van der Waals surface area contributed by atoms with Crippen LogP contribution in [-0.4, -0.2) is 21.0 Å². The third kappa shape index (κ3) is 3.30. The Bertz CT molecular complexity index is 842. The molecule has 2 aromatic rings. The Kier molecular flexibility index (Phi) is 4.61. The van der Waals surface area contributed by atoms with Crippen molar-refractivity contribution in [3.8, 4) is 6.07 Å². The number of nitriles is 1. The van der Waals surface area contributed by atoms with Crippen LogP contribution in [0, 0.1) is 11.3 Å². The molecule has 0 aliphatic heterocycles. The fourth-order valence-corrected chi connectivity index (χ4v) is 3.28. The average molecular weight is 324 g/mol. The molecule has 0 bridgehead atoms. The Morgan fingerprint density at radius 3 is 2.67 bits per heavy atom. The number of nitrogens with one attached hydrogen (secondary N) is 1. The summed E-state index contributed by atoms with van der Waals surface area (Å²) in [6.07, 6.45) is 6.77. The van der Waals surface area contributed by atoms with E-state index in [-0.39, 0.29) is 18.0 Å². The van der Waals surface area contributed by atoms with Crippen molar-refractivity contribution in [3.63, 3.8) is 0 Å². The Labute approximate surface area is 140 Å². The smallest absolute Gasteiger partial charge is 0.261 e. The van der Waals surface area contributed by atoms with Crippen LogP contribution in [0.5, 0.6) is 0 Å². The molecule has 6 nitrogen and oxygen atoms in total. The summed E-state index contributed by atoms with van der Waals surface area (Å²) in [5.41, 5.74) is -0.444. The van der Waals surface area contributed by atoms with Crippen molar-refractivity contribution in [1.29, 1.82) is 5.26 Å². The zero-order valence-electron chi connectivity index (χ0n) is 13.5. The lowest BCUT2D eigenvalue weighted by atomic mass is 9.92. The van der Waals surface area contributed by atoms with Gasteiger partial charge in [-0.3, -0.25) is 14.2 Å². The maximum atomic E-state index is 12.4. The number of benzene rings is 1. The molecule has 1 N–H and O–H groups in total. The van der Waals surface area contributed by atoms with Gasteiger partial charge in [-0.2, -0.15) is 5.26 Å². The lowest BCUT2D eigenvalue weighted by Gasteiger charge is -2.26. The number of aromatic nitrogens is 2. The summed E-state index contributed by atoms with van der Waals surface area (Å²) >= 11 is 0. The summed E-state index contributed by atoms with van der Waals surface area (Å²) in [7, 11) is 0. The molecule has 1 heterocycles. The highest BCUT2D eigenvalue weighted by atomic mass is 16.2. The molecule has 1 fully saturated rings. The SMILES string of the molecule is N#CC1(NC(=O)Cn2cnc3ccccc3c2=O)CCCCCC1. The number of para-hydroxylation sites is 1. The average Bonchev–Trinajstić information content (AvgIpc) is 2.84. The molecule has 0 saturated heterocycles. The van der Waals surface area contributed by atoms with E-state index in [1.165, 1.54) is 10.9 Å². The van der Waals surface area contributed by atoms with E-state index in [0.717, 1.165) is 25.7 Å². The third-order valence-electron chi connectivity index (χ3n) is 4.60. The number of carbonyl (C=O) groups excluding carboxylic acids is 1. The van der Waals surface area contributed by atoms with Crippen LogP contribution in [0.3, 0.4) is 0 Å². The van der Waals surface area contributed by atoms with E-state index >= 15 is 0 Å². The number of rotatable bonds is 3. The largest absolute Gasteiger partial charge is 0.336 e. The Balaban J connectivity index is 1.78. The van der Waals surface area contributed by atoms with Crippen LogP contribution in [0.15, 0.2) is 35.4 Å². The van der Waals surface area contributed by atoms with E-state index in [4.69, 9.17) is 0 Å². The summed E-state index contributed by atoms with van der Waals surface area (Å²) in [5, 5.41) is 12.9. The second kappa shape index (κ2) is 6.83. The van der Waals surface area contributed by atoms with Crippen molar-refractivity contribution in [2.24, 2.45) is 0 Å². The summed E-state index contributed by atoms with van der Waals surface area (Å²) in [4.78, 5) is 29.0. The lowest BCUT2D eigenvalue weighted by molar-refractivity contribution is -0.123. The predicted octanol–water partition coefficient (Wildman–Crippen LogP) is 2.13. The van der Waals surface area contributed by atoms with Gasteiger partial charge in [0.2, 0.25) is 5.91 Å². The van der Waals surface area contributed by atoms with Gasteiger partial charge >= 0.3 is 0 Å². The van der Waals surface area contributed by atoms with Crippen molar-refractivity contribution in [1.82, 2.24) is 14.9 Å². The minimum Gasteiger partial charge on any atom is -0.336 e. The fourth-order valence-electron chi connectivity index (χ4n) is 3.28. The van der Waals surface area contributed by atoms with Crippen molar-refractivity contribution in [2.45, 2.75) is 50.6 Å². The van der Waals surface area contributed by atoms with Gasteiger partial charge in [0.1, 0.15) is 12.1 Å². The van der Waals surface area contributed by atoms with Gasteiger partial charge in [-0.05, 0) is 25.0 Å². The zero-order valence-corrected chi connectivity index (χ0v) is 13.5. The van der Waals surface area contributed by atoms with Crippen LogP contribution in [-0.2, 0) is 11.3 Å². The quantitative estimate of drug-likeness (QED) is 0.876. The van der Waals surface area contributed by atoms with Crippen LogP contribution in [0.25, 0.3) is 10.9 Å². The van der Waals surface area contributed by atoms with E-state index in [1.807, 2.05) is 6.07 Å². The number of hydrogen-bond donors (Lipinski definition) is 1. The van der Waals surface area contributed by atoms with E-state index in [1.54, 1.807) is 18.2 Å². The van der Waals surface area contributed by atoms with Gasteiger partial charge in [-0.1, -0.05) is 37.8 Å². The molecular formula is C18H20N4O2. The van der Waals surface area contributed by atoms with Crippen molar-refractivity contribution in [3.05, 3.63) is 40.9 Å². The highest BCUT2D eigenvalue weighted by Gasteiger charge is 2.32. The molecule has 6 heteroatoms. The first-order valence-electron chi connectivity index (χ1n) is 8.30. The molecule has 3 rings (SSSR count).